The number of halogens is 1. The summed E-state index contributed by atoms with van der Waals surface area (Å²) in [6.07, 6.45) is 1.86. The molecule has 0 bridgehead atoms. The van der Waals surface area contributed by atoms with Crippen LogP contribution in [0.25, 0.3) is 21.8 Å². The summed E-state index contributed by atoms with van der Waals surface area (Å²) in [5.41, 5.74) is 2.93. The Bertz CT molecular complexity index is 1250. The lowest BCUT2D eigenvalue weighted by Gasteiger charge is -2.15. The molecule has 0 spiro atoms. The lowest BCUT2D eigenvalue weighted by atomic mass is 10.0. The summed E-state index contributed by atoms with van der Waals surface area (Å²) in [5, 5.41) is 13.5. The van der Waals surface area contributed by atoms with E-state index in [9.17, 15) is 19.1 Å². The average molecular weight is 391 g/mol. The first kappa shape index (κ1) is 18.6. The maximum atomic E-state index is 13.7. The van der Waals surface area contributed by atoms with Crippen LogP contribution in [-0.2, 0) is 11.2 Å². The van der Waals surface area contributed by atoms with Crippen molar-refractivity contribution in [2.24, 2.45) is 0 Å². The number of nitrogens with zero attached hydrogens (tertiary/aromatic N) is 1. The predicted octanol–water partition coefficient (Wildman–Crippen LogP) is 3.59. The molecule has 1 amide bonds. The Morgan fingerprint density at radius 3 is 2.76 bits per heavy atom. The van der Waals surface area contributed by atoms with Gasteiger partial charge in [-0.05, 0) is 42.8 Å². The SMILES string of the molecule is Cc1cc(C(=O)NC(Cc2c[nH]c3ccccc23)C(=O)O)c2cc(F)ccc2n1. The lowest BCUT2D eigenvalue weighted by Crippen LogP contribution is -2.42. The number of fused-ring (bicyclic) bond motifs is 2. The highest BCUT2D eigenvalue weighted by molar-refractivity contribution is 6.07. The fourth-order valence-corrected chi connectivity index (χ4v) is 3.47. The molecular formula is C22H18FN3O3. The van der Waals surface area contributed by atoms with Crippen LogP contribution in [0.3, 0.4) is 0 Å². The van der Waals surface area contributed by atoms with Gasteiger partial charge in [0.05, 0.1) is 11.1 Å². The zero-order chi connectivity index (χ0) is 20.5. The minimum absolute atomic E-state index is 0.113. The van der Waals surface area contributed by atoms with Gasteiger partial charge < -0.3 is 15.4 Å². The lowest BCUT2D eigenvalue weighted by molar-refractivity contribution is -0.139. The number of rotatable bonds is 5. The number of H-pyrrole nitrogens is 1. The van der Waals surface area contributed by atoms with Gasteiger partial charge in [0.15, 0.2) is 0 Å². The molecule has 29 heavy (non-hydrogen) atoms. The average Bonchev–Trinajstić information content (AvgIpc) is 3.10. The quantitative estimate of drug-likeness (QED) is 0.485. The third kappa shape index (κ3) is 3.67. The Morgan fingerprint density at radius 1 is 1.17 bits per heavy atom. The Balaban J connectivity index is 1.66. The van der Waals surface area contributed by atoms with E-state index in [4.69, 9.17) is 0 Å². The Hall–Kier alpha value is -3.74. The molecule has 7 heteroatoms. The summed E-state index contributed by atoms with van der Waals surface area (Å²) in [7, 11) is 0. The summed E-state index contributed by atoms with van der Waals surface area (Å²) in [4.78, 5) is 32.1. The monoisotopic (exact) mass is 391 g/mol. The van der Waals surface area contributed by atoms with Gasteiger partial charge in [0.1, 0.15) is 11.9 Å². The highest BCUT2D eigenvalue weighted by Crippen LogP contribution is 2.22. The van der Waals surface area contributed by atoms with Gasteiger partial charge in [0.2, 0.25) is 0 Å². The maximum absolute atomic E-state index is 13.7. The predicted molar refractivity (Wildman–Crippen MR) is 107 cm³/mol. The molecule has 1 atom stereocenters. The summed E-state index contributed by atoms with van der Waals surface area (Å²) >= 11 is 0. The van der Waals surface area contributed by atoms with E-state index in [2.05, 4.69) is 15.3 Å². The molecule has 0 fully saturated rings. The fourth-order valence-electron chi connectivity index (χ4n) is 3.47. The van der Waals surface area contributed by atoms with E-state index >= 15 is 0 Å². The molecule has 0 aliphatic rings. The number of hydrogen-bond donors (Lipinski definition) is 3. The van der Waals surface area contributed by atoms with Crippen LogP contribution < -0.4 is 5.32 Å². The van der Waals surface area contributed by atoms with Gasteiger partial charge in [-0.1, -0.05) is 18.2 Å². The van der Waals surface area contributed by atoms with Crippen LogP contribution in [0.15, 0.2) is 54.7 Å². The van der Waals surface area contributed by atoms with Crippen molar-refractivity contribution in [3.63, 3.8) is 0 Å². The van der Waals surface area contributed by atoms with Crippen molar-refractivity contribution in [3.8, 4) is 0 Å². The van der Waals surface area contributed by atoms with Crippen molar-refractivity contribution in [2.75, 3.05) is 0 Å². The number of carbonyl (C=O) groups excluding carboxylic acids is 1. The number of aromatic nitrogens is 2. The Labute approximate surface area is 165 Å². The molecule has 0 radical (unpaired) electrons. The van der Waals surface area contributed by atoms with E-state index in [1.807, 2.05) is 24.3 Å². The normalized spacial score (nSPS) is 12.2. The number of aryl methyl sites for hydroxylation is 1. The molecule has 2 aromatic heterocycles. The summed E-state index contributed by atoms with van der Waals surface area (Å²) in [6, 6.07) is 11.9. The Kier molecular flexibility index (Phi) is 4.72. The first-order valence-corrected chi connectivity index (χ1v) is 9.08. The maximum Gasteiger partial charge on any atom is 0.326 e. The van der Waals surface area contributed by atoms with E-state index in [-0.39, 0.29) is 12.0 Å². The minimum atomic E-state index is -1.15. The van der Waals surface area contributed by atoms with Gasteiger partial charge in [-0.25, -0.2) is 9.18 Å². The fraction of sp³-hybridized carbons (Fsp3) is 0.136. The molecule has 4 rings (SSSR count). The van der Waals surface area contributed by atoms with Crippen molar-refractivity contribution in [1.82, 2.24) is 15.3 Å². The molecule has 146 valence electrons. The van der Waals surface area contributed by atoms with Crippen molar-refractivity contribution in [2.45, 2.75) is 19.4 Å². The number of hydrogen-bond acceptors (Lipinski definition) is 3. The molecule has 3 N–H and O–H groups in total. The van der Waals surface area contributed by atoms with Crippen LogP contribution in [0.1, 0.15) is 21.6 Å². The third-order valence-corrected chi connectivity index (χ3v) is 4.85. The number of benzene rings is 2. The molecule has 1 unspecified atom stereocenters. The van der Waals surface area contributed by atoms with Gasteiger partial charge in [0.25, 0.3) is 5.91 Å². The van der Waals surface area contributed by atoms with Crippen LogP contribution in [0.4, 0.5) is 4.39 Å². The van der Waals surface area contributed by atoms with Crippen molar-refractivity contribution < 1.29 is 19.1 Å². The highest BCUT2D eigenvalue weighted by atomic mass is 19.1. The van der Waals surface area contributed by atoms with Gasteiger partial charge in [-0.3, -0.25) is 9.78 Å². The van der Waals surface area contributed by atoms with Gasteiger partial charge in [-0.2, -0.15) is 0 Å². The zero-order valence-electron chi connectivity index (χ0n) is 15.6. The minimum Gasteiger partial charge on any atom is -0.480 e. The largest absolute Gasteiger partial charge is 0.480 e. The first-order valence-electron chi connectivity index (χ1n) is 9.08. The third-order valence-electron chi connectivity index (χ3n) is 4.85. The number of carbonyl (C=O) groups is 2. The first-order chi connectivity index (χ1) is 13.9. The molecule has 0 aliphatic heterocycles. The Morgan fingerprint density at radius 2 is 1.97 bits per heavy atom. The van der Waals surface area contributed by atoms with Crippen LogP contribution in [0.2, 0.25) is 0 Å². The van der Waals surface area contributed by atoms with Crippen LogP contribution in [0, 0.1) is 12.7 Å². The number of carboxylic acids is 1. The molecular weight excluding hydrogens is 373 g/mol. The van der Waals surface area contributed by atoms with Crippen LogP contribution in [0.5, 0.6) is 0 Å². The van der Waals surface area contributed by atoms with E-state index in [1.54, 1.807) is 13.1 Å². The second-order valence-corrected chi connectivity index (χ2v) is 6.90. The number of aliphatic carboxylic acids is 1. The number of amides is 1. The van der Waals surface area contributed by atoms with Crippen LogP contribution in [-0.4, -0.2) is 33.0 Å². The van der Waals surface area contributed by atoms with E-state index < -0.39 is 23.7 Å². The summed E-state index contributed by atoms with van der Waals surface area (Å²) < 4.78 is 13.7. The topological polar surface area (TPSA) is 95.1 Å². The second kappa shape index (κ2) is 7.35. The van der Waals surface area contributed by atoms with E-state index in [0.717, 1.165) is 16.5 Å². The molecule has 2 heterocycles. The van der Waals surface area contributed by atoms with E-state index in [0.29, 0.717) is 16.6 Å². The van der Waals surface area contributed by atoms with Crippen LogP contribution >= 0.6 is 0 Å². The number of para-hydroxylation sites is 1. The molecule has 0 saturated carbocycles. The number of nitrogens with one attached hydrogen (secondary N) is 2. The smallest absolute Gasteiger partial charge is 0.326 e. The second-order valence-electron chi connectivity index (χ2n) is 6.90. The van der Waals surface area contributed by atoms with Crippen molar-refractivity contribution in [3.05, 3.63) is 77.4 Å². The van der Waals surface area contributed by atoms with Crippen molar-refractivity contribution in [1.29, 1.82) is 0 Å². The van der Waals surface area contributed by atoms with Gasteiger partial charge in [0, 0.05) is 34.6 Å². The number of pyridine rings is 1. The van der Waals surface area contributed by atoms with Gasteiger partial charge in [-0.15, -0.1) is 0 Å². The molecule has 2 aromatic carbocycles. The molecule has 0 saturated heterocycles. The zero-order valence-corrected chi connectivity index (χ0v) is 15.6. The number of aromatic amines is 1. The number of carboxylic acid groups (broad SMARTS) is 1. The highest BCUT2D eigenvalue weighted by Gasteiger charge is 2.24. The van der Waals surface area contributed by atoms with Crippen molar-refractivity contribution >= 4 is 33.7 Å². The van der Waals surface area contributed by atoms with Gasteiger partial charge >= 0.3 is 5.97 Å². The summed E-state index contributed by atoms with van der Waals surface area (Å²) in [6.45, 7) is 1.72. The molecule has 6 nitrogen and oxygen atoms in total. The van der Waals surface area contributed by atoms with E-state index in [1.165, 1.54) is 24.3 Å². The summed E-state index contributed by atoms with van der Waals surface area (Å²) in [5.74, 6) is -2.23. The molecule has 0 aliphatic carbocycles. The molecule has 4 aromatic rings. The standard InChI is InChI=1S/C22H18FN3O3/c1-12-8-17(16-10-14(23)6-7-19(16)25-12)21(27)26-20(22(28)29)9-13-11-24-18-5-3-2-4-15(13)18/h2-8,10-11,20,24H,9H2,1H3,(H,26,27)(H,28,29).